The van der Waals surface area contributed by atoms with Crippen molar-refractivity contribution in [1.29, 1.82) is 0 Å². The second-order valence-corrected chi connectivity index (χ2v) is 7.13. The van der Waals surface area contributed by atoms with E-state index in [1.165, 1.54) is 6.33 Å². The Morgan fingerprint density at radius 2 is 1.75 bits per heavy atom. The van der Waals surface area contributed by atoms with Gasteiger partial charge in [0.25, 0.3) is 0 Å². The van der Waals surface area contributed by atoms with Gasteiger partial charge in [-0.05, 0) is 17.7 Å². The van der Waals surface area contributed by atoms with Crippen LogP contribution in [0, 0.1) is 0 Å². The Labute approximate surface area is 168 Å². The molecule has 2 aromatic heterocycles. The van der Waals surface area contributed by atoms with Gasteiger partial charge in [-0.3, -0.25) is 9.69 Å². The molecule has 0 bridgehead atoms. The maximum Gasteiger partial charge on any atom is 0.237 e. The summed E-state index contributed by atoms with van der Waals surface area (Å²) in [7, 11) is 0. The van der Waals surface area contributed by atoms with Crippen molar-refractivity contribution in [2.45, 2.75) is 13.1 Å². The van der Waals surface area contributed by atoms with Gasteiger partial charge in [-0.2, -0.15) is 0 Å². The van der Waals surface area contributed by atoms with E-state index in [1.807, 2.05) is 29.2 Å². The third kappa shape index (κ3) is 4.49. The molecule has 0 N–H and O–H groups in total. The van der Waals surface area contributed by atoms with Crippen molar-refractivity contribution in [3.8, 4) is 11.4 Å². The molecule has 1 saturated heterocycles. The molecule has 3 aromatic rings. The van der Waals surface area contributed by atoms with Gasteiger partial charge in [0.15, 0.2) is 5.82 Å². The molecule has 0 radical (unpaired) electrons. The fraction of sp³-hybridized carbons (Fsp3) is 0.250. The van der Waals surface area contributed by atoms with E-state index < -0.39 is 0 Å². The van der Waals surface area contributed by atoms with Gasteiger partial charge in [0.1, 0.15) is 6.33 Å². The van der Waals surface area contributed by atoms with E-state index >= 15 is 0 Å². The first-order chi connectivity index (χ1) is 13.7. The van der Waals surface area contributed by atoms with Gasteiger partial charge in [0.2, 0.25) is 5.91 Å². The minimum atomic E-state index is 0.116. The van der Waals surface area contributed by atoms with E-state index in [1.54, 1.807) is 24.8 Å². The Morgan fingerprint density at radius 3 is 2.46 bits per heavy atom. The second kappa shape index (κ2) is 8.41. The molecule has 0 spiro atoms. The summed E-state index contributed by atoms with van der Waals surface area (Å²) in [6.07, 6.45) is 8.41. The number of amides is 1. The number of piperazine rings is 1. The van der Waals surface area contributed by atoms with Crippen LogP contribution in [0.3, 0.4) is 0 Å². The number of hydrogen-bond donors (Lipinski definition) is 0. The molecule has 1 aliphatic rings. The van der Waals surface area contributed by atoms with Crippen LogP contribution in [0.4, 0.5) is 0 Å². The van der Waals surface area contributed by atoms with Gasteiger partial charge in [0.05, 0.1) is 12.1 Å². The van der Waals surface area contributed by atoms with Crippen LogP contribution in [0.15, 0.2) is 55.4 Å². The van der Waals surface area contributed by atoms with Crippen LogP contribution in [0.1, 0.15) is 11.1 Å². The summed E-state index contributed by atoms with van der Waals surface area (Å²) in [6, 6.07) is 7.63. The van der Waals surface area contributed by atoms with Crippen LogP contribution in [-0.4, -0.2) is 55.3 Å². The van der Waals surface area contributed by atoms with Crippen molar-refractivity contribution in [2.24, 2.45) is 0 Å². The van der Waals surface area contributed by atoms with E-state index in [0.717, 1.165) is 23.2 Å². The first kappa shape index (κ1) is 18.5. The number of carbonyl (C=O) groups is 1. The lowest BCUT2D eigenvalue weighted by atomic mass is 10.2. The topological polar surface area (TPSA) is 75.1 Å². The number of hydrogen-bond acceptors (Lipinski definition) is 6. The van der Waals surface area contributed by atoms with E-state index in [2.05, 4.69) is 24.8 Å². The molecule has 1 aliphatic heterocycles. The highest BCUT2D eigenvalue weighted by atomic mass is 35.5. The smallest absolute Gasteiger partial charge is 0.237 e. The minimum Gasteiger partial charge on any atom is -0.336 e. The number of rotatable bonds is 5. The zero-order chi connectivity index (χ0) is 19.3. The Bertz CT molecular complexity index is 950. The molecule has 28 heavy (non-hydrogen) atoms. The first-order valence-electron chi connectivity index (χ1n) is 8.98. The average molecular weight is 395 g/mol. The third-order valence-electron chi connectivity index (χ3n) is 4.59. The molecular weight excluding hydrogens is 376 g/mol. The highest BCUT2D eigenvalue weighted by Crippen LogP contribution is 2.16. The number of carbonyl (C=O) groups excluding carboxylic acids is 1. The van der Waals surface area contributed by atoms with Crippen LogP contribution >= 0.6 is 11.6 Å². The van der Waals surface area contributed by atoms with Crippen molar-refractivity contribution in [3.63, 3.8) is 0 Å². The molecule has 1 amide bonds. The Kier molecular flexibility index (Phi) is 5.55. The van der Waals surface area contributed by atoms with Gasteiger partial charge in [-0.15, -0.1) is 0 Å². The predicted octanol–water partition coefficient (Wildman–Crippen LogP) is 2.43. The van der Waals surface area contributed by atoms with Gasteiger partial charge in [-0.1, -0.05) is 23.7 Å². The highest BCUT2D eigenvalue weighted by molar-refractivity contribution is 6.30. The summed E-state index contributed by atoms with van der Waals surface area (Å²) in [6.45, 7) is 3.10. The quantitative estimate of drug-likeness (QED) is 0.661. The second-order valence-electron chi connectivity index (χ2n) is 6.70. The van der Waals surface area contributed by atoms with Gasteiger partial charge < -0.3 is 4.90 Å². The lowest BCUT2D eigenvalue weighted by Gasteiger charge is -2.34. The van der Waals surface area contributed by atoms with Crippen molar-refractivity contribution in [2.75, 3.05) is 19.6 Å². The fourth-order valence-electron chi connectivity index (χ4n) is 3.17. The average Bonchev–Trinajstić information content (AvgIpc) is 2.71. The Hall–Kier alpha value is -2.90. The minimum absolute atomic E-state index is 0.116. The molecule has 1 aromatic carbocycles. The fourth-order valence-corrected chi connectivity index (χ4v) is 3.39. The van der Waals surface area contributed by atoms with Crippen LogP contribution in [-0.2, 0) is 17.9 Å². The van der Waals surface area contributed by atoms with Crippen molar-refractivity contribution >= 4 is 17.5 Å². The monoisotopic (exact) mass is 394 g/mol. The van der Waals surface area contributed by atoms with Gasteiger partial charge in [0, 0.05) is 61.6 Å². The van der Waals surface area contributed by atoms with E-state index in [9.17, 15) is 4.79 Å². The van der Waals surface area contributed by atoms with E-state index in [-0.39, 0.29) is 5.91 Å². The molecule has 142 valence electrons. The Balaban J connectivity index is 1.34. The first-order valence-corrected chi connectivity index (χ1v) is 9.36. The molecule has 8 heteroatoms. The lowest BCUT2D eigenvalue weighted by molar-refractivity contribution is -0.136. The van der Waals surface area contributed by atoms with Gasteiger partial charge in [-0.25, -0.2) is 19.9 Å². The molecule has 0 unspecified atom stereocenters. The van der Waals surface area contributed by atoms with Crippen LogP contribution in [0.2, 0.25) is 5.02 Å². The lowest BCUT2D eigenvalue weighted by Crippen LogP contribution is -2.49. The molecule has 0 atom stereocenters. The predicted molar refractivity (Wildman–Crippen MR) is 105 cm³/mol. The molecule has 0 aliphatic carbocycles. The van der Waals surface area contributed by atoms with Crippen molar-refractivity contribution in [3.05, 3.63) is 71.5 Å². The number of aromatic nitrogens is 4. The van der Waals surface area contributed by atoms with Crippen LogP contribution in [0.25, 0.3) is 11.4 Å². The maximum atomic E-state index is 12.5. The van der Waals surface area contributed by atoms with E-state index in [0.29, 0.717) is 37.0 Å². The molecule has 7 nitrogen and oxygen atoms in total. The Morgan fingerprint density at radius 1 is 0.964 bits per heavy atom. The maximum absolute atomic E-state index is 12.5. The summed E-state index contributed by atoms with van der Waals surface area (Å²) in [5.74, 6) is 0.706. The van der Waals surface area contributed by atoms with Crippen molar-refractivity contribution in [1.82, 2.24) is 29.7 Å². The summed E-state index contributed by atoms with van der Waals surface area (Å²) < 4.78 is 0. The molecule has 3 heterocycles. The molecular formula is C20H19ClN6O. The molecule has 1 fully saturated rings. The highest BCUT2D eigenvalue weighted by Gasteiger charge is 2.24. The molecule has 0 saturated carbocycles. The summed E-state index contributed by atoms with van der Waals surface area (Å²) >= 11 is 6.03. The largest absolute Gasteiger partial charge is 0.336 e. The SMILES string of the molecule is O=C1CN(Cc2cnc(-c3cncnc3)nc2)CCN1Cc1cccc(Cl)c1. The zero-order valence-electron chi connectivity index (χ0n) is 15.2. The standard InChI is InChI=1S/C20H19ClN6O/c21-18-3-1-2-15(6-18)12-27-5-4-26(13-19(27)28)11-16-7-24-20(25-8-16)17-9-22-14-23-10-17/h1-3,6-10,14H,4-5,11-13H2. The van der Waals surface area contributed by atoms with Gasteiger partial charge >= 0.3 is 0 Å². The number of nitrogens with zero attached hydrogens (tertiary/aromatic N) is 6. The van der Waals surface area contributed by atoms with Crippen molar-refractivity contribution < 1.29 is 4.79 Å². The number of benzene rings is 1. The zero-order valence-corrected chi connectivity index (χ0v) is 16.0. The number of halogens is 1. The van der Waals surface area contributed by atoms with Crippen LogP contribution < -0.4 is 0 Å². The normalized spacial score (nSPS) is 15.0. The van der Waals surface area contributed by atoms with E-state index in [4.69, 9.17) is 11.6 Å². The van der Waals surface area contributed by atoms with Crippen LogP contribution in [0.5, 0.6) is 0 Å². The third-order valence-corrected chi connectivity index (χ3v) is 4.83. The summed E-state index contributed by atoms with van der Waals surface area (Å²) in [5, 5.41) is 0.689. The summed E-state index contributed by atoms with van der Waals surface area (Å²) in [5.41, 5.74) is 2.79. The molecule has 4 rings (SSSR count). The summed E-state index contributed by atoms with van der Waals surface area (Å²) in [4.78, 5) is 33.2.